The molecule has 2 heterocycles. The van der Waals surface area contributed by atoms with Crippen LogP contribution in [0.2, 0.25) is 0 Å². The van der Waals surface area contributed by atoms with Crippen molar-refractivity contribution in [1.82, 2.24) is 10.2 Å². The molecule has 1 aromatic carbocycles. The van der Waals surface area contributed by atoms with Gasteiger partial charge in [0.25, 0.3) is 5.56 Å². The minimum atomic E-state index is -0.571. The second-order valence-electron chi connectivity index (χ2n) is 4.08. The average molecular weight is 237 g/mol. The number of hydrogen-bond acceptors (Lipinski definition) is 3. The number of anilines is 1. The molecule has 1 unspecified atom stereocenters. The number of hydrogen-bond donors (Lipinski definition) is 2. The largest absolute Gasteiger partial charge is 0.379 e. The van der Waals surface area contributed by atoms with Crippen LogP contribution in [0.5, 0.6) is 0 Å². The molecule has 0 saturated carbocycles. The highest BCUT2D eigenvalue weighted by atomic mass is 19.1. The maximum Gasteiger partial charge on any atom is 0.272 e. The lowest BCUT2D eigenvalue weighted by Crippen LogP contribution is -2.30. The normalized spacial score (nSPS) is 18.1. The van der Waals surface area contributed by atoms with E-state index in [0.717, 1.165) is 0 Å². The van der Waals surface area contributed by atoms with Crippen LogP contribution in [0.3, 0.4) is 0 Å². The molecular formula is C11H9F2N3O. The fraction of sp³-hybridized carbons (Fsp3) is 0.273. The number of rotatable bonds is 1. The fourth-order valence-electron chi connectivity index (χ4n) is 2.19. The number of halogens is 2. The van der Waals surface area contributed by atoms with Gasteiger partial charge in [-0.3, -0.25) is 4.79 Å². The summed E-state index contributed by atoms with van der Waals surface area (Å²) in [5.74, 6) is -0.526. The number of nitrogens with one attached hydrogen (secondary N) is 2. The van der Waals surface area contributed by atoms with Gasteiger partial charge >= 0.3 is 0 Å². The van der Waals surface area contributed by atoms with Gasteiger partial charge in [0, 0.05) is 17.5 Å². The van der Waals surface area contributed by atoms with Crippen molar-refractivity contribution in [2.75, 3.05) is 12.0 Å². The fourth-order valence-corrected chi connectivity index (χ4v) is 2.19. The minimum absolute atomic E-state index is 0.245. The number of H-pyrrole nitrogens is 1. The zero-order chi connectivity index (χ0) is 12.0. The zero-order valence-electron chi connectivity index (χ0n) is 8.76. The van der Waals surface area contributed by atoms with Gasteiger partial charge in [-0.05, 0) is 12.1 Å². The first-order valence-electron chi connectivity index (χ1n) is 5.22. The van der Waals surface area contributed by atoms with Crippen LogP contribution >= 0.6 is 0 Å². The summed E-state index contributed by atoms with van der Waals surface area (Å²) in [6.07, 6.45) is 0.377. The lowest BCUT2D eigenvalue weighted by Gasteiger charge is -2.24. The molecule has 17 heavy (non-hydrogen) atoms. The molecule has 1 atom stereocenters. The third-order valence-corrected chi connectivity index (χ3v) is 2.91. The summed E-state index contributed by atoms with van der Waals surface area (Å²) in [5.41, 5.74) is 0.587. The highest BCUT2D eigenvalue weighted by Crippen LogP contribution is 2.30. The molecule has 6 heteroatoms. The van der Waals surface area contributed by atoms with Crippen LogP contribution in [0.25, 0.3) is 10.8 Å². The van der Waals surface area contributed by atoms with Crippen molar-refractivity contribution in [2.45, 2.75) is 12.5 Å². The number of nitrogens with zero attached hydrogens (tertiary/aromatic N) is 1. The van der Waals surface area contributed by atoms with Crippen LogP contribution in [0.15, 0.2) is 16.9 Å². The van der Waals surface area contributed by atoms with E-state index in [1.807, 2.05) is 0 Å². The van der Waals surface area contributed by atoms with Crippen LogP contribution in [-0.2, 0) is 6.42 Å². The predicted molar refractivity (Wildman–Crippen MR) is 59.4 cm³/mol. The summed E-state index contributed by atoms with van der Waals surface area (Å²) >= 11 is 0. The maximum absolute atomic E-state index is 13.3. The minimum Gasteiger partial charge on any atom is -0.379 e. The van der Waals surface area contributed by atoms with Gasteiger partial charge in [0.05, 0.1) is 17.1 Å². The topological polar surface area (TPSA) is 57.8 Å². The number of alkyl halides is 1. The van der Waals surface area contributed by atoms with Crippen molar-refractivity contribution in [3.63, 3.8) is 0 Å². The highest BCUT2D eigenvalue weighted by molar-refractivity contribution is 5.96. The van der Waals surface area contributed by atoms with Gasteiger partial charge in [-0.2, -0.15) is 5.10 Å². The monoisotopic (exact) mass is 237 g/mol. The first-order chi connectivity index (χ1) is 8.19. The Bertz CT molecular complexity index is 653. The molecule has 0 bridgehead atoms. The van der Waals surface area contributed by atoms with Crippen molar-refractivity contribution >= 4 is 16.5 Å². The molecule has 3 rings (SSSR count). The van der Waals surface area contributed by atoms with Gasteiger partial charge < -0.3 is 5.32 Å². The number of aromatic amines is 1. The molecule has 2 aromatic rings. The Morgan fingerprint density at radius 3 is 3.06 bits per heavy atom. The molecule has 1 aromatic heterocycles. The molecule has 0 spiro atoms. The number of aromatic nitrogens is 2. The second-order valence-corrected chi connectivity index (χ2v) is 4.08. The SMILES string of the molecule is O=c1[nH]nc2c3c(cc(F)cc13)NC(CF)C2. The first-order valence-corrected chi connectivity index (χ1v) is 5.22. The van der Waals surface area contributed by atoms with Crippen LogP contribution in [0.4, 0.5) is 14.5 Å². The first kappa shape index (κ1) is 10.2. The molecule has 0 saturated heterocycles. The molecule has 1 aliphatic heterocycles. The third-order valence-electron chi connectivity index (χ3n) is 2.91. The van der Waals surface area contributed by atoms with Crippen LogP contribution in [0.1, 0.15) is 5.69 Å². The van der Waals surface area contributed by atoms with Crippen molar-refractivity contribution in [1.29, 1.82) is 0 Å². The Kier molecular flexibility index (Phi) is 2.10. The molecule has 1 aliphatic rings. The van der Waals surface area contributed by atoms with E-state index < -0.39 is 24.1 Å². The Morgan fingerprint density at radius 2 is 2.29 bits per heavy atom. The molecular weight excluding hydrogens is 228 g/mol. The van der Waals surface area contributed by atoms with Gasteiger partial charge in [0.2, 0.25) is 0 Å². The molecule has 0 aliphatic carbocycles. The molecule has 2 N–H and O–H groups in total. The van der Waals surface area contributed by atoms with Gasteiger partial charge in [0.15, 0.2) is 0 Å². The van der Waals surface area contributed by atoms with E-state index in [1.54, 1.807) is 0 Å². The zero-order valence-corrected chi connectivity index (χ0v) is 8.76. The predicted octanol–water partition coefficient (Wildman–Crippen LogP) is 1.37. The second kappa shape index (κ2) is 3.51. The van der Waals surface area contributed by atoms with Crippen LogP contribution in [-0.4, -0.2) is 22.9 Å². The quantitative estimate of drug-likeness (QED) is 0.787. The van der Waals surface area contributed by atoms with E-state index in [2.05, 4.69) is 15.5 Å². The lowest BCUT2D eigenvalue weighted by atomic mass is 9.99. The lowest BCUT2D eigenvalue weighted by molar-refractivity contribution is 0.439. The number of benzene rings is 1. The van der Waals surface area contributed by atoms with Gasteiger partial charge in [-0.25, -0.2) is 13.9 Å². The maximum atomic E-state index is 13.3. The van der Waals surface area contributed by atoms with Gasteiger partial charge in [-0.15, -0.1) is 0 Å². The van der Waals surface area contributed by atoms with Gasteiger partial charge in [0.1, 0.15) is 12.5 Å². The van der Waals surface area contributed by atoms with Crippen LogP contribution in [0, 0.1) is 5.82 Å². The van der Waals surface area contributed by atoms with Crippen molar-refractivity contribution in [3.05, 3.63) is 34.0 Å². The van der Waals surface area contributed by atoms with E-state index in [0.29, 0.717) is 23.2 Å². The van der Waals surface area contributed by atoms with Gasteiger partial charge in [-0.1, -0.05) is 0 Å². The molecule has 0 radical (unpaired) electrons. The highest BCUT2D eigenvalue weighted by Gasteiger charge is 2.23. The third kappa shape index (κ3) is 1.48. The summed E-state index contributed by atoms with van der Waals surface area (Å²) in [4.78, 5) is 11.5. The van der Waals surface area contributed by atoms with E-state index in [1.165, 1.54) is 12.1 Å². The Hall–Kier alpha value is -1.98. The van der Waals surface area contributed by atoms with E-state index in [9.17, 15) is 13.6 Å². The van der Waals surface area contributed by atoms with Crippen LogP contribution < -0.4 is 10.9 Å². The Morgan fingerprint density at radius 1 is 1.47 bits per heavy atom. The summed E-state index contributed by atoms with van der Waals surface area (Å²) in [6.45, 7) is -0.571. The Balaban J connectivity index is 2.37. The van der Waals surface area contributed by atoms with E-state index in [-0.39, 0.29) is 5.39 Å². The standard InChI is InChI=1S/C11H9F2N3O/c12-4-6-3-9-10-7(11(17)16-15-9)1-5(13)2-8(10)14-6/h1-2,6,14H,3-4H2,(H,16,17). The van der Waals surface area contributed by atoms with E-state index in [4.69, 9.17) is 0 Å². The summed E-state index contributed by atoms with van der Waals surface area (Å²) in [6, 6.07) is 2.00. The molecule has 0 amide bonds. The molecule has 4 nitrogen and oxygen atoms in total. The smallest absolute Gasteiger partial charge is 0.272 e. The summed E-state index contributed by atoms with van der Waals surface area (Å²) in [7, 11) is 0. The Labute approximate surface area is 94.7 Å². The summed E-state index contributed by atoms with van der Waals surface area (Å²) < 4.78 is 26.0. The molecule has 88 valence electrons. The van der Waals surface area contributed by atoms with Crippen molar-refractivity contribution < 1.29 is 8.78 Å². The van der Waals surface area contributed by atoms with E-state index >= 15 is 0 Å². The summed E-state index contributed by atoms with van der Waals surface area (Å²) in [5, 5.41) is 9.90. The molecule has 0 fully saturated rings. The van der Waals surface area contributed by atoms with Crippen molar-refractivity contribution in [3.8, 4) is 0 Å². The van der Waals surface area contributed by atoms with Crippen molar-refractivity contribution in [2.24, 2.45) is 0 Å². The average Bonchev–Trinajstić information content (AvgIpc) is 2.32.